The van der Waals surface area contributed by atoms with Gasteiger partial charge in [-0.05, 0) is 106 Å². The molecule has 0 saturated carbocycles. The quantitative estimate of drug-likeness (QED) is 0.293. The van der Waals surface area contributed by atoms with Gasteiger partial charge in [-0.3, -0.25) is 4.79 Å². The van der Waals surface area contributed by atoms with Gasteiger partial charge in [0.25, 0.3) is 0 Å². The van der Waals surface area contributed by atoms with Gasteiger partial charge < -0.3 is 19.5 Å². The first-order chi connectivity index (χ1) is 17.5. The lowest BCUT2D eigenvalue weighted by molar-refractivity contribution is 0.0182. The molecular weight excluding hydrogens is 610 g/mol. The second-order valence-electron chi connectivity index (χ2n) is 10.8. The first-order valence-electron chi connectivity index (χ1n) is 12.8. The van der Waals surface area contributed by atoms with Crippen LogP contribution in [0.1, 0.15) is 78.9 Å². The lowest BCUT2D eigenvalue weighted by Gasteiger charge is -2.32. The Labute approximate surface area is 247 Å². The number of nitrogens with one attached hydrogen (secondary N) is 1. The maximum absolute atomic E-state index is 12.6. The van der Waals surface area contributed by atoms with Crippen LogP contribution in [0.2, 0.25) is 0 Å². The monoisotopic (exact) mass is 645 g/mol. The molecule has 2 aliphatic rings. The van der Waals surface area contributed by atoms with E-state index in [2.05, 4.69) is 38.7 Å². The minimum absolute atomic E-state index is 0. The number of ether oxygens (including phenoxy) is 1. The number of fused-ring (bicyclic) bond motifs is 1. The molecule has 0 atom stereocenters. The third-order valence-corrected chi connectivity index (χ3v) is 10.3. The van der Waals surface area contributed by atoms with Crippen LogP contribution in [0.5, 0.6) is 0 Å². The van der Waals surface area contributed by atoms with Crippen molar-refractivity contribution < 1.29 is 18.8 Å². The topological polar surface area (TPSA) is 84.7 Å². The summed E-state index contributed by atoms with van der Waals surface area (Å²) in [6.45, 7) is 13.0. The minimum atomic E-state index is -0.483. The molecule has 5 heterocycles. The summed E-state index contributed by atoms with van der Waals surface area (Å²) >= 11 is 6.75. The number of carbonyl (C=O) groups excluding carboxylic acids is 2. The van der Waals surface area contributed by atoms with Gasteiger partial charge in [-0.2, -0.15) is 0 Å². The molecule has 38 heavy (non-hydrogen) atoms. The highest BCUT2D eigenvalue weighted by Crippen LogP contribution is 2.36. The Kier molecular flexibility index (Phi) is 10.8. The number of rotatable bonds is 3. The highest BCUT2D eigenvalue weighted by Gasteiger charge is 2.31. The Morgan fingerprint density at radius 2 is 1.71 bits per heavy atom. The first kappa shape index (κ1) is 31.1. The third-order valence-electron chi connectivity index (χ3n) is 6.75. The van der Waals surface area contributed by atoms with Crippen molar-refractivity contribution in [2.24, 2.45) is 5.92 Å². The van der Waals surface area contributed by atoms with Gasteiger partial charge in [0.1, 0.15) is 11.3 Å². The van der Waals surface area contributed by atoms with Crippen LogP contribution in [0.4, 0.5) is 4.79 Å². The van der Waals surface area contributed by atoms with Crippen LogP contribution < -0.4 is 5.32 Å². The van der Waals surface area contributed by atoms with Crippen LogP contribution in [0.3, 0.4) is 0 Å². The summed E-state index contributed by atoms with van der Waals surface area (Å²) in [5.74, 6) is 0.771. The fourth-order valence-electron chi connectivity index (χ4n) is 4.65. The molecule has 0 spiro atoms. The highest BCUT2D eigenvalue weighted by molar-refractivity contribution is 9.10. The zero-order valence-corrected chi connectivity index (χ0v) is 26.6. The summed E-state index contributed by atoms with van der Waals surface area (Å²) in [7, 11) is 0. The van der Waals surface area contributed by atoms with Crippen molar-refractivity contribution in [1.82, 2.24) is 15.4 Å². The van der Waals surface area contributed by atoms with Crippen LogP contribution in [-0.4, -0.2) is 53.7 Å². The molecule has 11 heteroatoms. The van der Waals surface area contributed by atoms with Gasteiger partial charge >= 0.3 is 6.09 Å². The molecule has 2 aliphatic heterocycles. The second kappa shape index (κ2) is 13.3. The fourth-order valence-corrected chi connectivity index (χ4v) is 7.38. The molecule has 0 radical (unpaired) electrons. The summed E-state index contributed by atoms with van der Waals surface area (Å²) in [5.41, 5.74) is 4.00. The van der Waals surface area contributed by atoms with Gasteiger partial charge in [-0.25, -0.2) is 4.79 Å². The van der Waals surface area contributed by atoms with Crippen LogP contribution in [-0.2, 0) is 4.74 Å². The summed E-state index contributed by atoms with van der Waals surface area (Å²) in [6.07, 6.45) is 3.46. The molecule has 3 aromatic rings. The Morgan fingerprint density at radius 1 is 1.08 bits per heavy atom. The average molecular weight is 647 g/mol. The van der Waals surface area contributed by atoms with E-state index in [1.54, 1.807) is 16.2 Å². The number of thiophene rings is 2. The summed E-state index contributed by atoms with van der Waals surface area (Å²) in [5, 5.41) is 11.8. The van der Waals surface area contributed by atoms with Gasteiger partial charge in [0.05, 0.1) is 9.58 Å². The van der Waals surface area contributed by atoms with Crippen LogP contribution in [0.25, 0.3) is 10.3 Å². The predicted molar refractivity (Wildman–Crippen MR) is 160 cm³/mol. The number of hydrogen-bond donors (Lipinski definition) is 1. The standard InChI is InChI=1S/C16H22BrNO3S.C11H14N2OS.ClH/c1-10-9-22-14(12(10)17)13(19)11-5-7-18(8-6-11)15(20)21-16(2,3)4;1-7-6-15-11-9(13-14-10(7)11)8-2-4-12-5-3-8;/h9,11H,5-8H2,1-4H3;6,8,12H,2-5H2,1H3;1H. The van der Waals surface area contributed by atoms with E-state index in [-0.39, 0.29) is 30.2 Å². The number of carbonyl (C=O) groups is 2. The van der Waals surface area contributed by atoms with Crippen LogP contribution in [0, 0.1) is 19.8 Å². The number of nitrogens with zero attached hydrogens (tertiary/aromatic N) is 2. The largest absolute Gasteiger partial charge is 0.444 e. The number of aromatic nitrogens is 1. The number of ketones is 1. The predicted octanol–water partition coefficient (Wildman–Crippen LogP) is 7.74. The SMILES string of the molecule is Cc1csc(C(=O)C2CCN(C(=O)OC(C)(C)C)CC2)c1Br.Cc1csc2c(C3CCNCC3)noc12.Cl. The van der Waals surface area contributed by atoms with Gasteiger partial charge in [-0.1, -0.05) is 5.16 Å². The maximum atomic E-state index is 12.6. The van der Waals surface area contributed by atoms with E-state index in [4.69, 9.17) is 9.26 Å². The Bertz CT molecular complexity index is 1230. The molecule has 0 aliphatic carbocycles. The molecule has 1 amide bonds. The van der Waals surface area contributed by atoms with E-state index in [1.807, 2.05) is 33.1 Å². The number of likely N-dealkylation sites (tertiary alicyclic amines) is 1. The molecule has 0 aromatic carbocycles. The molecule has 1 N–H and O–H groups in total. The van der Waals surface area contributed by atoms with Gasteiger partial charge in [0.2, 0.25) is 0 Å². The van der Waals surface area contributed by atoms with Gasteiger partial charge in [0.15, 0.2) is 11.4 Å². The van der Waals surface area contributed by atoms with Gasteiger partial charge in [0, 0.05) is 35.0 Å². The molecular formula is C27H37BrClN3O4S2. The van der Waals surface area contributed by atoms with Gasteiger partial charge in [-0.15, -0.1) is 35.1 Å². The average Bonchev–Trinajstić information content (AvgIpc) is 3.56. The number of piperidine rings is 2. The summed E-state index contributed by atoms with van der Waals surface area (Å²) in [4.78, 5) is 27.1. The second-order valence-corrected chi connectivity index (χ2v) is 13.4. The maximum Gasteiger partial charge on any atom is 0.410 e. The molecule has 2 fully saturated rings. The van der Waals surface area contributed by atoms with E-state index >= 15 is 0 Å². The van der Waals surface area contributed by atoms with Crippen molar-refractivity contribution in [3.05, 3.63) is 36.9 Å². The molecule has 7 nitrogen and oxygen atoms in total. The van der Waals surface area contributed by atoms with Crippen molar-refractivity contribution >= 4 is 73.2 Å². The Morgan fingerprint density at radius 3 is 2.29 bits per heavy atom. The lowest BCUT2D eigenvalue weighted by Crippen LogP contribution is -2.42. The number of aryl methyl sites for hydroxylation is 2. The van der Waals surface area contributed by atoms with Crippen molar-refractivity contribution in [3.8, 4) is 0 Å². The van der Waals surface area contributed by atoms with Crippen molar-refractivity contribution in [1.29, 1.82) is 0 Å². The van der Waals surface area contributed by atoms with Crippen LogP contribution >= 0.6 is 51.0 Å². The van der Waals surface area contributed by atoms with E-state index in [0.717, 1.165) is 33.6 Å². The molecule has 0 unspecified atom stereocenters. The highest BCUT2D eigenvalue weighted by atomic mass is 79.9. The summed E-state index contributed by atoms with van der Waals surface area (Å²) < 4.78 is 13.0. The zero-order chi connectivity index (χ0) is 26.7. The fraction of sp³-hybridized carbons (Fsp3) is 0.593. The van der Waals surface area contributed by atoms with E-state index in [9.17, 15) is 9.59 Å². The number of Topliss-reactive ketones (excluding diaryl/α,β-unsaturated/α-hetero) is 1. The molecule has 5 rings (SSSR count). The normalized spacial score (nSPS) is 17.1. The lowest BCUT2D eigenvalue weighted by atomic mass is 9.92. The Balaban J connectivity index is 0.000000218. The number of halogens is 2. The molecule has 0 bridgehead atoms. The smallest absolute Gasteiger partial charge is 0.410 e. The van der Waals surface area contributed by atoms with Crippen molar-refractivity contribution in [2.45, 2.75) is 71.8 Å². The first-order valence-corrected chi connectivity index (χ1v) is 15.4. The molecule has 2 saturated heterocycles. The number of hydrogen-bond acceptors (Lipinski definition) is 8. The van der Waals surface area contributed by atoms with E-state index in [1.165, 1.54) is 40.1 Å². The van der Waals surface area contributed by atoms with E-state index < -0.39 is 5.60 Å². The molecule has 210 valence electrons. The van der Waals surface area contributed by atoms with Crippen molar-refractivity contribution in [3.63, 3.8) is 0 Å². The molecule has 3 aromatic heterocycles. The minimum Gasteiger partial charge on any atom is -0.444 e. The van der Waals surface area contributed by atoms with E-state index in [0.29, 0.717) is 31.8 Å². The zero-order valence-electron chi connectivity index (χ0n) is 22.6. The Hall–Kier alpha value is -1.46. The van der Waals surface area contributed by atoms with Crippen LogP contribution in [0.15, 0.2) is 19.8 Å². The number of amides is 1. The summed E-state index contributed by atoms with van der Waals surface area (Å²) in [6, 6.07) is 0. The third kappa shape index (κ3) is 7.38. The van der Waals surface area contributed by atoms with Crippen molar-refractivity contribution in [2.75, 3.05) is 26.2 Å².